The summed E-state index contributed by atoms with van der Waals surface area (Å²) in [6.07, 6.45) is 1.68. The number of esters is 1. The van der Waals surface area contributed by atoms with Gasteiger partial charge in [-0.15, -0.1) is 0 Å². The van der Waals surface area contributed by atoms with Gasteiger partial charge in [0.1, 0.15) is 5.75 Å². The Morgan fingerprint density at radius 1 is 1.18 bits per heavy atom. The van der Waals surface area contributed by atoms with Crippen LogP contribution in [0.25, 0.3) is 6.08 Å². The fourth-order valence-electron chi connectivity index (χ4n) is 2.04. The van der Waals surface area contributed by atoms with E-state index in [2.05, 4.69) is 20.9 Å². The molecule has 0 atom stereocenters. The van der Waals surface area contributed by atoms with Crippen LogP contribution >= 0.6 is 15.9 Å². The van der Waals surface area contributed by atoms with Gasteiger partial charge in [0.25, 0.3) is 0 Å². The molecule has 0 saturated heterocycles. The van der Waals surface area contributed by atoms with E-state index >= 15 is 0 Å². The molecule has 0 unspecified atom stereocenters. The van der Waals surface area contributed by atoms with Gasteiger partial charge in [-0.2, -0.15) is 0 Å². The number of hydrogen-bond donors (Lipinski definition) is 0. The highest BCUT2D eigenvalue weighted by Crippen LogP contribution is 2.22. The van der Waals surface area contributed by atoms with Crippen molar-refractivity contribution in [2.45, 2.75) is 0 Å². The molecule has 2 aromatic rings. The SMILES string of the molecule is COc1cccc(C=C2N=C(c3cccc(Br)c3)OC2=O)c1. The van der Waals surface area contributed by atoms with Crippen molar-refractivity contribution >= 4 is 33.9 Å². The summed E-state index contributed by atoms with van der Waals surface area (Å²) >= 11 is 3.39. The Labute approximate surface area is 136 Å². The Kier molecular flexibility index (Phi) is 4.06. The number of rotatable bonds is 3. The van der Waals surface area contributed by atoms with E-state index in [1.807, 2.05) is 48.5 Å². The van der Waals surface area contributed by atoms with Crippen LogP contribution in [0.15, 0.2) is 63.7 Å². The normalized spacial score (nSPS) is 15.6. The minimum absolute atomic E-state index is 0.267. The van der Waals surface area contributed by atoms with E-state index in [1.54, 1.807) is 13.2 Å². The molecule has 2 aromatic carbocycles. The lowest BCUT2D eigenvalue weighted by Crippen LogP contribution is -2.05. The van der Waals surface area contributed by atoms with Crippen molar-refractivity contribution < 1.29 is 14.3 Å². The van der Waals surface area contributed by atoms with E-state index in [9.17, 15) is 4.79 Å². The summed E-state index contributed by atoms with van der Waals surface area (Å²) in [5, 5.41) is 0. The first kappa shape index (κ1) is 14.5. The second-order valence-corrected chi connectivity index (χ2v) is 5.54. The molecule has 4 nitrogen and oxygen atoms in total. The first-order valence-electron chi connectivity index (χ1n) is 6.58. The summed E-state index contributed by atoms with van der Waals surface area (Å²) in [6, 6.07) is 14.8. The van der Waals surface area contributed by atoms with Crippen LogP contribution in [0, 0.1) is 0 Å². The van der Waals surface area contributed by atoms with Gasteiger partial charge in [-0.25, -0.2) is 9.79 Å². The molecule has 1 aliphatic heterocycles. The molecule has 0 N–H and O–H groups in total. The molecule has 1 aliphatic rings. The molecule has 3 rings (SSSR count). The number of carbonyl (C=O) groups is 1. The first-order valence-corrected chi connectivity index (χ1v) is 7.37. The van der Waals surface area contributed by atoms with Crippen LogP contribution in [0.2, 0.25) is 0 Å². The van der Waals surface area contributed by atoms with Crippen LogP contribution in [0.5, 0.6) is 5.75 Å². The molecule has 0 aromatic heterocycles. The van der Waals surface area contributed by atoms with E-state index in [0.717, 1.165) is 21.3 Å². The zero-order valence-electron chi connectivity index (χ0n) is 11.7. The maximum absolute atomic E-state index is 12.0. The van der Waals surface area contributed by atoms with Gasteiger partial charge >= 0.3 is 5.97 Å². The van der Waals surface area contributed by atoms with Crippen molar-refractivity contribution in [3.05, 3.63) is 69.8 Å². The van der Waals surface area contributed by atoms with Gasteiger partial charge in [0.05, 0.1) is 7.11 Å². The molecule has 1 heterocycles. The summed E-state index contributed by atoms with van der Waals surface area (Å²) in [4.78, 5) is 16.2. The summed E-state index contributed by atoms with van der Waals surface area (Å²) in [6.45, 7) is 0. The van der Waals surface area contributed by atoms with Gasteiger partial charge in [0.15, 0.2) is 5.70 Å². The number of carbonyl (C=O) groups excluding carboxylic acids is 1. The second kappa shape index (κ2) is 6.15. The molecule has 22 heavy (non-hydrogen) atoms. The quantitative estimate of drug-likeness (QED) is 0.619. The summed E-state index contributed by atoms with van der Waals surface area (Å²) in [7, 11) is 1.60. The standard InChI is InChI=1S/C17H12BrNO3/c1-21-14-7-2-4-11(8-14)9-15-17(20)22-16(19-15)12-5-3-6-13(18)10-12/h2-10H,1H3. The van der Waals surface area contributed by atoms with Crippen LogP contribution in [0.1, 0.15) is 11.1 Å². The maximum atomic E-state index is 12.0. The predicted molar refractivity (Wildman–Crippen MR) is 87.7 cm³/mol. The molecule has 0 bridgehead atoms. The van der Waals surface area contributed by atoms with Crippen molar-refractivity contribution in [2.24, 2.45) is 4.99 Å². The Bertz CT molecular complexity index is 796. The minimum atomic E-state index is -0.460. The van der Waals surface area contributed by atoms with Crippen LogP contribution in [0.3, 0.4) is 0 Å². The third-order valence-electron chi connectivity index (χ3n) is 3.09. The zero-order valence-corrected chi connectivity index (χ0v) is 13.3. The Balaban J connectivity index is 1.94. The molecular formula is C17H12BrNO3. The highest BCUT2D eigenvalue weighted by atomic mass is 79.9. The average molecular weight is 358 g/mol. The Morgan fingerprint density at radius 3 is 2.77 bits per heavy atom. The molecule has 0 aliphatic carbocycles. The van der Waals surface area contributed by atoms with Crippen LogP contribution < -0.4 is 4.74 Å². The van der Waals surface area contributed by atoms with Gasteiger partial charge < -0.3 is 9.47 Å². The highest BCUT2D eigenvalue weighted by molar-refractivity contribution is 9.10. The first-order chi connectivity index (χ1) is 10.7. The fourth-order valence-corrected chi connectivity index (χ4v) is 2.44. The van der Waals surface area contributed by atoms with Crippen molar-refractivity contribution in [3.8, 4) is 5.75 Å². The van der Waals surface area contributed by atoms with Crippen LogP contribution in [-0.2, 0) is 9.53 Å². The molecule has 0 fully saturated rings. The molecular weight excluding hydrogens is 346 g/mol. The van der Waals surface area contributed by atoms with Gasteiger partial charge in [-0.05, 0) is 42.0 Å². The predicted octanol–water partition coefficient (Wildman–Crippen LogP) is 3.80. The third kappa shape index (κ3) is 3.09. The number of halogens is 1. The highest BCUT2D eigenvalue weighted by Gasteiger charge is 2.24. The van der Waals surface area contributed by atoms with Gasteiger partial charge in [-0.3, -0.25) is 0 Å². The lowest BCUT2D eigenvalue weighted by atomic mass is 10.2. The zero-order chi connectivity index (χ0) is 15.5. The van der Waals surface area contributed by atoms with Crippen LogP contribution in [0.4, 0.5) is 0 Å². The van der Waals surface area contributed by atoms with E-state index in [1.165, 1.54) is 0 Å². The summed E-state index contributed by atoms with van der Waals surface area (Å²) < 4.78 is 11.3. The third-order valence-corrected chi connectivity index (χ3v) is 3.58. The Morgan fingerprint density at radius 2 is 2.00 bits per heavy atom. The largest absolute Gasteiger partial charge is 0.497 e. The molecule has 5 heteroatoms. The van der Waals surface area contributed by atoms with Crippen molar-refractivity contribution in [1.82, 2.24) is 0 Å². The smallest absolute Gasteiger partial charge is 0.363 e. The second-order valence-electron chi connectivity index (χ2n) is 4.62. The topological polar surface area (TPSA) is 47.9 Å². The number of hydrogen-bond acceptors (Lipinski definition) is 4. The van der Waals surface area contributed by atoms with E-state index in [4.69, 9.17) is 9.47 Å². The van der Waals surface area contributed by atoms with Gasteiger partial charge in [-0.1, -0.05) is 34.1 Å². The average Bonchev–Trinajstić information content (AvgIpc) is 2.89. The molecule has 0 saturated carbocycles. The van der Waals surface area contributed by atoms with E-state index in [0.29, 0.717) is 5.90 Å². The monoisotopic (exact) mass is 357 g/mol. The van der Waals surface area contributed by atoms with Gasteiger partial charge in [0.2, 0.25) is 5.90 Å². The number of benzene rings is 2. The Hall–Kier alpha value is -2.40. The number of methoxy groups -OCH3 is 1. The van der Waals surface area contributed by atoms with Crippen molar-refractivity contribution in [3.63, 3.8) is 0 Å². The lowest BCUT2D eigenvalue weighted by molar-refractivity contribution is -0.129. The molecule has 0 amide bonds. The lowest BCUT2D eigenvalue weighted by Gasteiger charge is -2.00. The summed E-state index contributed by atoms with van der Waals surface area (Å²) in [5.41, 5.74) is 1.84. The molecule has 110 valence electrons. The summed E-state index contributed by atoms with van der Waals surface area (Å²) in [5.74, 6) is 0.565. The van der Waals surface area contributed by atoms with E-state index < -0.39 is 5.97 Å². The van der Waals surface area contributed by atoms with Crippen molar-refractivity contribution in [2.75, 3.05) is 7.11 Å². The van der Waals surface area contributed by atoms with Crippen LogP contribution in [-0.4, -0.2) is 19.0 Å². The number of cyclic esters (lactones) is 1. The molecule has 0 spiro atoms. The van der Waals surface area contributed by atoms with E-state index in [-0.39, 0.29) is 5.70 Å². The molecule has 0 radical (unpaired) electrons. The number of nitrogens with zero attached hydrogens (tertiary/aromatic N) is 1. The van der Waals surface area contributed by atoms with Crippen molar-refractivity contribution in [1.29, 1.82) is 0 Å². The van der Waals surface area contributed by atoms with Gasteiger partial charge in [0, 0.05) is 10.0 Å². The number of ether oxygens (including phenoxy) is 2. The number of aliphatic imine (C=N–C) groups is 1. The maximum Gasteiger partial charge on any atom is 0.363 e. The minimum Gasteiger partial charge on any atom is -0.497 e. The fraction of sp³-hybridized carbons (Fsp3) is 0.0588.